The Bertz CT molecular complexity index is 182. The minimum absolute atomic E-state index is 0.0261. The number of unbranched alkanes of at least 4 members (excludes halogenated alkanes) is 2. The molecule has 1 unspecified atom stereocenters. The predicted octanol–water partition coefficient (Wildman–Crippen LogP) is 2.16. The maximum atomic E-state index is 11.4. The number of rotatable bonds is 6. The van der Waals surface area contributed by atoms with Gasteiger partial charge in [-0.05, 0) is 19.8 Å². The fourth-order valence-electron chi connectivity index (χ4n) is 1.75. The Labute approximate surface area is 86.4 Å². The summed E-state index contributed by atoms with van der Waals surface area (Å²) >= 11 is 0. The lowest BCUT2D eigenvalue weighted by atomic mass is 10.3. The lowest BCUT2D eigenvalue weighted by Gasteiger charge is -2.24. The lowest BCUT2D eigenvalue weighted by molar-refractivity contribution is -0.139. The SMILES string of the molecule is CCCCCOC(C)N1CCCC1=O. The summed E-state index contributed by atoms with van der Waals surface area (Å²) < 4.78 is 5.60. The third-order valence-corrected chi connectivity index (χ3v) is 2.66. The smallest absolute Gasteiger partial charge is 0.224 e. The fraction of sp³-hybridized carbons (Fsp3) is 0.909. The second-order valence-electron chi connectivity index (χ2n) is 3.87. The van der Waals surface area contributed by atoms with Gasteiger partial charge in [-0.3, -0.25) is 4.79 Å². The van der Waals surface area contributed by atoms with Gasteiger partial charge in [-0.2, -0.15) is 0 Å². The highest BCUT2D eigenvalue weighted by Gasteiger charge is 2.24. The summed E-state index contributed by atoms with van der Waals surface area (Å²) in [6, 6.07) is 0. The third kappa shape index (κ3) is 3.29. The van der Waals surface area contributed by atoms with Gasteiger partial charge in [-0.1, -0.05) is 19.8 Å². The molecule has 1 saturated heterocycles. The third-order valence-electron chi connectivity index (χ3n) is 2.66. The van der Waals surface area contributed by atoms with Crippen LogP contribution in [0, 0.1) is 0 Å². The molecule has 82 valence electrons. The summed E-state index contributed by atoms with van der Waals surface area (Å²) in [6.45, 7) is 5.79. The molecule has 1 aliphatic rings. The van der Waals surface area contributed by atoms with E-state index >= 15 is 0 Å². The first-order valence-electron chi connectivity index (χ1n) is 5.66. The van der Waals surface area contributed by atoms with E-state index in [2.05, 4.69) is 6.92 Å². The van der Waals surface area contributed by atoms with Crippen molar-refractivity contribution >= 4 is 5.91 Å². The van der Waals surface area contributed by atoms with Gasteiger partial charge < -0.3 is 9.64 Å². The van der Waals surface area contributed by atoms with Crippen LogP contribution in [0.15, 0.2) is 0 Å². The van der Waals surface area contributed by atoms with Crippen LogP contribution in [0.4, 0.5) is 0 Å². The summed E-state index contributed by atoms with van der Waals surface area (Å²) in [5.41, 5.74) is 0. The van der Waals surface area contributed by atoms with Crippen LogP contribution in [0.2, 0.25) is 0 Å². The molecular weight excluding hydrogens is 178 g/mol. The van der Waals surface area contributed by atoms with Gasteiger partial charge in [0.05, 0.1) is 0 Å². The standard InChI is InChI=1S/C11H21NO2/c1-3-4-5-9-14-10(2)12-8-6-7-11(12)13/h10H,3-9H2,1-2H3. The highest BCUT2D eigenvalue weighted by molar-refractivity contribution is 5.78. The van der Waals surface area contributed by atoms with Gasteiger partial charge in [0.1, 0.15) is 6.23 Å². The lowest BCUT2D eigenvalue weighted by Crippen LogP contribution is -2.36. The van der Waals surface area contributed by atoms with Crippen molar-refractivity contribution in [2.75, 3.05) is 13.2 Å². The van der Waals surface area contributed by atoms with Crippen LogP contribution in [0.3, 0.4) is 0 Å². The molecular formula is C11H21NO2. The molecule has 0 aliphatic carbocycles. The Balaban J connectivity index is 2.14. The van der Waals surface area contributed by atoms with Gasteiger partial charge in [0.15, 0.2) is 0 Å². The molecule has 1 heterocycles. The molecule has 0 aromatic heterocycles. The van der Waals surface area contributed by atoms with E-state index in [1.807, 2.05) is 11.8 Å². The van der Waals surface area contributed by atoms with E-state index in [1.165, 1.54) is 12.8 Å². The van der Waals surface area contributed by atoms with Crippen LogP contribution in [-0.4, -0.2) is 30.2 Å². The molecule has 0 spiro atoms. The summed E-state index contributed by atoms with van der Waals surface area (Å²) in [5.74, 6) is 0.244. The molecule has 1 amide bonds. The zero-order chi connectivity index (χ0) is 10.4. The van der Waals surface area contributed by atoms with E-state index in [4.69, 9.17) is 4.74 Å². The van der Waals surface area contributed by atoms with Gasteiger partial charge >= 0.3 is 0 Å². The predicted molar refractivity (Wildman–Crippen MR) is 55.9 cm³/mol. The molecule has 0 saturated carbocycles. The second-order valence-corrected chi connectivity index (χ2v) is 3.87. The van der Waals surface area contributed by atoms with E-state index in [1.54, 1.807) is 0 Å². The van der Waals surface area contributed by atoms with Crippen LogP contribution in [0.25, 0.3) is 0 Å². The zero-order valence-electron chi connectivity index (χ0n) is 9.29. The molecule has 14 heavy (non-hydrogen) atoms. The molecule has 0 radical (unpaired) electrons. The van der Waals surface area contributed by atoms with Gasteiger partial charge in [-0.25, -0.2) is 0 Å². The molecule has 0 aromatic rings. The molecule has 1 atom stereocenters. The molecule has 1 rings (SSSR count). The minimum atomic E-state index is -0.0261. The quantitative estimate of drug-likeness (QED) is 0.613. The highest BCUT2D eigenvalue weighted by Crippen LogP contribution is 2.14. The van der Waals surface area contributed by atoms with Crippen LogP contribution >= 0.6 is 0 Å². The van der Waals surface area contributed by atoms with Crippen molar-refractivity contribution in [3.8, 4) is 0 Å². The van der Waals surface area contributed by atoms with E-state index in [0.29, 0.717) is 6.42 Å². The molecule has 1 aliphatic heterocycles. The molecule has 0 aromatic carbocycles. The van der Waals surface area contributed by atoms with Crippen molar-refractivity contribution in [3.63, 3.8) is 0 Å². The van der Waals surface area contributed by atoms with Gasteiger partial charge in [0, 0.05) is 19.6 Å². The summed E-state index contributed by atoms with van der Waals surface area (Å²) in [7, 11) is 0. The van der Waals surface area contributed by atoms with Crippen molar-refractivity contribution < 1.29 is 9.53 Å². The summed E-state index contributed by atoms with van der Waals surface area (Å²) in [6.07, 6.45) is 5.18. The number of nitrogens with zero attached hydrogens (tertiary/aromatic N) is 1. The Morgan fingerprint density at radius 2 is 2.29 bits per heavy atom. The van der Waals surface area contributed by atoms with Crippen LogP contribution in [0.1, 0.15) is 46.0 Å². The molecule has 0 bridgehead atoms. The first kappa shape index (κ1) is 11.5. The number of carbonyl (C=O) groups is 1. The summed E-state index contributed by atoms with van der Waals surface area (Å²) in [5, 5.41) is 0. The second kappa shape index (κ2) is 6.02. The Morgan fingerprint density at radius 1 is 1.50 bits per heavy atom. The molecule has 0 N–H and O–H groups in total. The maximum Gasteiger partial charge on any atom is 0.224 e. The molecule has 3 nitrogen and oxygen atoms in total. The van der Waals surface area contributed by atoms with Crippen molar-refractivity contribution in [3.05, 3.63) is 0 Å². The van der Waals surface area contributed by atoms with Crippen molar-refractivity contribution in [2.24, 2.45) is 0 Å². The first-order valence-corrected chi connectivity index (χ1v) is 5.66. The van der Waals surface area contributed by atoms with Gasteiger partial charge in [0.25, 0.3) is 0 Å². The van der Waals surface area contributed by atoms with E-state index in [9.17, 15) is 4.79 Å². The number of hydrogen-bond acceptors (Lipinski definition) is 2. The van der Waals surface area contributed by atoms with Gasteiger partial charge in [0.2, 0.25) is 5.91 Å². The van der Waals surface area contributed by atoms with E-state index < -0.39 is 0 Å². The van der Waals surface area contributed by atoms with Crippen LogP contribution in [0.5, 0.6) is 0 Å². The number of carbonyl (C=O) groups excluding carboxylic acids is 1. The average molecular weight is 199 g/mol. The largest absolute Gasteiger partial charge is 0.359 e. The number of likely N-dealkylation sites (tertiary alicyclic amines) is 1. The number of ether oxygens (including phenoxy) is 1. The van der Waals surface area contributed by atoms with Crippen molar-refractivity contribution in [1.82, 2.24) is 4.90 Å². The summed E-state index contributed by atoms with van der Waals surface area (Å²) in [4.78, 5) is 13.2. The number of amides is 1. The molecule has 3 heteroatoms. The first-order chi connectivity index (χ1) is 6.75. The topological polar surface area (TPSA) is 29.5 Å². The monoisotopic (exact) mass is 199 g/mol. The van der Waals surface area contributed by atoms with Gasteiger partial charge in [-0.15, -0.1) is 0 Å². The van der Waals surface area contributed by atoms with Crippen LogP contribution < -0.4 is 0 Å². The maximum absolute atomic E-state index is 11.4. The minimum Gasteiger partial charge on any atom is -0.359 e. The van der Waals surface area contributed by atoms with Crippen molar-refractivity contribution in [1.29, 1.82) is 0 Å². The average Bonchev–Trinajstić information content (AvgIpc) is 2.59. The Kier molecular flexibility index (Phi) is 4.94. The number of hydrogen-bond donors (Lipinski definition) is 0. The van der Waals surface area contributed by atoms with E-state index in [-0.39, 0.29) is 12.1 Å². The fourth-order valence-corrected chi connectivity index (χ4v) is 1.75. The van der Waals surface area contributed by atoms with E-state index in [0.717, 1.165) is 26.0 Å². The van der Waals surface area contributed by atoms with Crippen LogP contribution in [-0.2, 0) is 9.53 Å². The Morgan fingerprint density at radius 3 is 2.86 bits per heavy atom. The highest BCUT2D eigenvalue weighted by atomic mass is 16.5. The normalized spacial score (nSPS) is 19.0. The zero-order valence-corrected chi connectivity index (χ0v) is 9.29. The molecule has 1 fully saturated rings. The van der Waals surface area contributed by atoms with Crippen molar-refractivity contribution in [2.45, 2.75) is 52.2 Å². The Hall–Kier alpha value is -0.570.